The molecule has 0 aromatic heterocycles. The van der Waals surface area contributed by atoms with Gasteiger partial charge in [0.1, 0.15) is 6.29 Å². The first-order chi connectivity index (χ1) is 11.7. The summed E-state index contributed by atoms with van der Waals surface area (Å²) in [4.78, 5) is 20.9. The highest BCUT2D eigenvalue weighted by atomic mass is 16.6. The number of carbonyl (C=O) groups is 1. The van der Waals surface area contributed by atoms with Crippen molar-refractivity contribution in [3.63, 3.8) is 0 Å². The number of aldehydes is 1. The highest BCUT2D eigenvalue weighted by Crippen LogP contribution is 2.09. The number of unbranched alkanes of at least 4 members (excludes halogenated alkanes) is 8. The monoisotopic (exact) mass is 335 g/mol. The molecule has 0 aromatic rings. The first kappa shape index (κ1) is 22.3. The number of rotatable bonds is 16. The third-order valence-corrected chi connectivity index (χ3v) is 3.80. The van der Waals surface area contributed by atoms with E-state index in [9.17, 15) is 14.9 Å². The second-order valence-electron chi connectivity index (χ2n) is 5.99. The highest BCUT2D eigenvalue weighted by Gasteiger charge is 2.06. The first-order valence-corrected chi connectivity index (χ1v) is 9.29. The summed E-state index contributed by atoms with van der Waals surface area (Å²) in [5.41, 5.74) is 0.307. The molecule has 0 fully saturated rings. The molecule has 0 unspecified atom stereocenters. The summed E-state index contributed by atoms with van der Waals surface area (Å²) in [5.74, 6) is 0. The van der Waals surface area contributed by atoms with E-state index in [0.717, 1.165) is 64.1 Å². The Morgan fingerprint density at radius 3 is 2.21 bits per heavy atom. The van der Waals surface area contributed by atoms with Crippen LogP contribution in [0.5, 0.6) is 0 Å². The maximum atomic E-state index is 11.0. The molecular formula is C20H33NO3. The minimum atomic E-state index is -0.267. The van der Waals surface area contributed by atoms with Gasteiger partial charge < -0.3 is 4.79 Å². The van der Waals surface area contributed by atoms with Crippen LogP contribution in [-0.2, 0) is 4.79 Å². The highest BCUT2D eigenvalue weighted by molar-refractivity contribution is 5.48. The summed E-state index contributed by atoms with van der Waals surface area (Å²) in [6.45, 7) is 2.13. The van der Waals surface area contributed by atoms with Crippen molar-refractivity contribution in [2.24, 2.45) is 0 Å². The van der Waals surface area contributed by atoms with E-state index in [0.29, 0.717) is 18.5 Å². The predicted molar refractivity (Wildman–Crippen MR) is 100 cm³/mol. The fraction of sp³-hybridized carbons (Fsp3) is 0.650. The van der Waals surface area contributed by atoms with Crippen LogP contribution < -0.4 is 0 Å². The van der Waals surface area contributed by atoms with Crippen molar-refractivity contribution < 1.29 is 9.72 Å². The summed E-state index contributed by atoms with van der Waals surface area (Å²) < 4.78 is 0. The molecule has 0 aliphatic heterocycles. The van der Waals surface area contributed by atoms with E-state index in [-0.39, 0.29) is 4.92 Å². The maximum absolute atomic E-state index is 11.0. The van der Waals surface area contributed by atoms with Crippen LogP contribution in [0.3, 0.4) is 0 Å². The van der Waals surface area contributed by atoms with Gasteiger partial charge in [0.25, 0.3) is 0 Å². The smallest absolute Gasteiger partial charge is 0.246 e. The summed E-state index contributed by atoms with van der Waals surface area (Å²) in [6.07, 6.45) is 22.4. The second-order valence-corrected chi connectivity index (χ2v) is 5.99. The summed E-state index contributed by atoms with van der Waals surface area (Å²) in [6, 6.07) is 0. The number of nitrogens with zero attached hydrogens (tertiary/aromatic N) is 1. The molecule has 136 valence electrons. The molecule has 0 atom stereocenters. The Hall–Kier alpha value is -1.71. The number of allylic oxidation sites excluding steroid dienone is 5. The van der Waals surface area contributed by atoms with Crippen LogP contribution in [0.4, 0.5) is 0 Å². The SMILES string of the molecule is CCCCC/C=C(\C/C=C\C/C=C\CCCCCCC=O)[N+](=O)[O-]. The average molecular weight is 335 g/mol. The van der Waals surface area contributed by atoms with Crippen molar-refractivity contribution in [2.75, 3.05) is 0 Å². The third-order valence-electron chi connectivity index (χ3n) is 3.80. The van der Waals surface area contributed by atoms with Crippen LogP contribution in [0.2, 0.25) is 0 Å². The molecular weight excluding hydrogens is 302 g/mol. The maximum Gasteiger partial charge on any atom is 0.246 e. The van der Waals surface area contributed by atoms with E-state index in [1.807, 2.05) is 12.2 Å². The fourth-order valence-corrected chi connectivity index (χ4v) is 2.33. The van der Waals surface area contributed by atoms with E-state index in [2.05, 4.69) is 19.1 Å². The lowest BCUT2D eigenvalue weighted by Crippen LogP contribution is -1.97. The Bertz CT molecular complexity index is 411. The quantitative estimate of drug-likeness (QED) is 0.112. The van der Waals surface area contributed by atoms with Gasteiger partial charge in [0, 0.05) is 6.42 Å². The molecule has 0 saturated carbocycles. The van der Waals surface area contributed by atoms with Crippen LogP contribution in [0.15, 0.2) is 36.1 Å². The Labute approximate surface area is 146 Å². The Morgan fingerprint density at radius 1 is 0.875 bits per heavy atom. The van der Waals surface area contributed by atoms with Crippen LogP contribution in [0, 0.1) is 10.1 Å². The second kappa shape index (κ2) is 17.6. The van der Waals surface area contributed by atoms with Gasteiger partial charge in [-0.05, 0) is 44.6 Å². The number of hydrogen-bond acceptors (Lipinski definition) is 3. The van der Waals surface area contributed by atoms with Gasteiger partial charge in [-0.15, -0.1) is 0 Å². The molecule has 0 rings (SSSR count). The molecule has 0 radical (unpaired) electrons. The van der Waals surface area contributed by atoms with Crippen molar-refractivity contribution in [2.45, 2.75) is 84.0 Å². The first-order valence-electron chi connectivity index (χ1n) is 9.29. The van der Waals surface area contributed by atoms with Crippen molar-refractivity contribution in [3.05, 3.63) is 46.2 Å². The van der Waals surface area contributed by atoms with E-state index in [1.165, 1.54) is 6.42 Å². The molecule has 0 saturated heterocycles. The molecule has 0 N–H and O–H groups in total. The van der Waals surface area contributed by atoms with Gasteiger partial charge in [-0.1, -0.05) is 56.9 Å². The number of carbonyl (C=O) groups excluding carboxylic acids is 1. The zero-order valence-corrected chi connectivity index (χ0v) is 15.1. The molecule has 0 spiro atoms. The lowest BCUT2D eigenvalue weighted by atomic mass is 10.1. The van der Waals surface area contributed by atoms with Crippen LogP contribution in [0.1, 0.15) is 84.0 Å². The summed E-state index contributed by atoms with van der Waals surface area (Å²) >= 11 is 0. The van der Waals surface area contributed by atoms with Gasteiger partial charge in [-0.3, -0.25) is 10.1 Å². The normalized spacial score (nSPS) is 12.3. The average Bonchev–Trinajstić information content (AvgIpc) is 2.57. The van der Waals surface area contributed by atoms with E-state index >= 15 is 0 Å². The lowest BCUT2D eigenvalue weighted by Gasteiger charge is -1.96. The third kappa shape index (κ3) is 15.2. The minimum Gasteiger partial charge on any atom is -0.303 e. The lowest BCUT2D eigenvalue weighted by molar-refractivity contribution is -0.427. The largest absolute Gasteiger partial charge is 0.303 e. The molecule has 0 amide bonds. The predicted octanol–water partition coefficient (Wildman–Crippen LogP) is 6.16. The zero-order chi connectivity index (χ0) is 17.9. The van der Waals surface area contributed by atoms with Gasteiger partial charge >= 0.3 is 0 Å². The molecule has 0 bridgehead atoms. The van der Waals surface area contributed by atoms with E-state index < -0.39 is 0 Å². The molecule has 0 aromatic carbocycles. The van der Waals surface area contributed by atoms with Gasteiger partial charge in [-0.25, -0.2) is 0 Å². The van der Waals surface area contributed by atoms with Gasteiger partial charge in [0.2, 0.25) is 5.70 Å². The zero-order valence-electron chi connectivity index (χ0n) is 15.1. The van der Waals surface area contributed by atoms with Gasteiger partial charge in [0.15, 0.2) is 0 Å². The Balaban J connectivity index is 3.78. The van der Waals surface area contributed by atoms with Crippen molar-refractivity contribution in [3.8, 4) is 0 Å². The minimum absolute atomic E-state index is 0.267. The molecule has 4 heteroatoms. The van der Waals surface area contributed by atoms with Crippen molar-refractivity contribution >= 4 is 6.29 Å². The molecule has 0 aliphatic rings. The Kier molecular flexibility index (Phi) is 16.4. The molecule has 0 heterocycles. The summed E-state index contributed by atoms with van der Waals surface area (Å²) in [7, 11) is 0. The molecule has 0 aliphatic carbocycles. The van der Waals surface area contributed by atoms with Crippen LogP contribution in [0.25, 0.3) is 0 Å². The summed E-state index contributed by atoms with van der Waals surface area (Å²) in [5, 5.41) is 11.0. The van der Waals surface area contributed by atoms with E-state index in [4.69, 9.17) is 0 Å². The standard InChI is InChI=1S/C20H33NO3/c1-2-3-4-14-17-20(21(23)24)18-15-12-10-8-6-5-7-9-11-13-16-19-22/h6,8,12,15,17,19H,2-5,7,9-11,13-14,16,18H2,1H3/b8-6-,15-12-,20-17+. The Morgan fingerprint density at radius 2 is 1.54 bits per heavy atom. The van der Waals surface area contributed by atoms with Crippen LogP contribution >= 0.6 is 0 Å². The van der Waals surface area contributed by atoms with Crippen LogP contribution in [-0.4, -0.2) is 11.2 Å². The van der Waals surface area contributed by atoms with Gasteiger partial charge in [0.05, 0.1) is 11.3 Å². The molecule has 24 heavy (non-hydrogen) atoms. The van der Waals surface area contributed by atoms with E-state index in [1.54, 1.807) is 6.08 Å². The topological polar surface area (TPSA) is 60.2 Å². The van der Waals surface area contributed by atoms with Crippen molar-refractivity contribution in [1.82, 2.24) is 0 Å². The number of nitro groups is 1. The fourth-order valence-electron chi connectivity index (χ4n) is 2.33. The van der Waals surface area contributed by atoms with Crippen molar-refractivity contribution in [1.29, 1.82) is 0 Å². The molecule has 4 nitrogen and oxygen atoms in total. The number of hydrogen-bond donors (Lipinski definition) is 0. The van der Waals surface area contributed by atoms with Gasteiger partial charge in [-0.2, -0.15) is 0 Å².